The molecule has 106 valence electrons. The van der Waals surface area contributed by atoms with E-state index >= 15 is 0 Å². The maximum absolute atomic E-state index is 4.79. The predicted molar refractivity (Wildman–Crippen MR) is 100 cm³/mol. The maximum atomic E-state index is 4.79. The zero-order chi connectivity index (χ0) is 14.9. The molecule has 3 heterocycles. The zero-order valence-corrected chi connectivity index (χ0v) is 14.6. The Morgan fingerprint density at radius 1 is 0.818 bits per heavy atom. The largest absolute Gasteiger partial charge is 0.252 e. The number of rotatable bonds is 0. The Morgan fingerprint density at radius 2 is 1.59 bits per heavy atom. The number of aromatic nitrogens is 1. The van der Waals surface area contributed by atoms with Gasteiger partial charge in [-0.25, -0.2) is 0 Å². The third-order valence-corrected chi connectivity index (χ3v) is 11.6. The van der Waals surface area contributed by atoms with E-state index in [2.05, 4.69) is 67.7 Å². The molecule has 5 rings (SSSR count). The highest BCUT2D eigenvalue weighted by Gasteiger charge is 2.36. The highest BCUT2D eigenvalue weighted by atomic mass is 31.1. The summed E-state index contributed by atoms with van der Waals surface area (Å²) in [6.07, 6.45) is 1.95. The van der Waals surface area contributed by atoms with E-state index < -0.39 is 15.6 Å². The second kappa shape index (κ2) is 4.10. The van der Waals surface area contributed by atoms with Crippen molar-refractivity contribution in [2.45, 2.75) is 13.1 Å². The first-order chi connectivity index (χ1) is 10.7. The number of benzene rings is 2. The van der Waals surface area contributed by atoms with Crippen LogP contribution >= 0.6 is 7.53 Å². The van der Waals surface area contributed by atoms with E-state index in [9.17, 15) is 0 Å². The van der Waals surface area contributed by atoms with E-state index in [1.807, 2.05) is 6.20 Å². The predicted octanol–water partition coefficient (Wildman–Crippen LogP) is 4.50. The van der Waals surface area contributed by atoms with Crippen molar-refractivity contribution in [3.05, 3.63) is 60.8 Å². The van der Waals surface area contributed by atoms with Gasteiger partial charge >= 0.3 is 0 Å². The summed E-state index contributed by atoms with van der Waals surface area (Å²) in [6, 6.07) is 20.3. The third-order valence-electron chi connectivity index (χ3n) is 5.04. The summed E-state index contributed by atoms with van der Waals surface area (Å²) in [5.41, 5.74) is 0. The first-order valence-corrected chi connectivity index (χ1v) is 12.0. The normalized spacial score (nSPS) is 16.0. The summed E-state index contributed by atoms with van der Waals surface area (Å²) >= 11 is 0. The molecule has 0 amide bonds. The van der Waals surface area contributed by atoms with Crippen LogP contribution in [0.3, 0.4) is 0 Å². The van der Waals surface area contributed by atoms with Crippen LogP contribution in [-0.2, 0) is 0 Å². The summed E-state index contributed by atoms with van der Waals surface area (Å²) in [5, 5.41) is 10.5. The summed E-state index contributed by atoms with van der Waals surface area (Å²) in [6.45, 7) is 4.98. The van der Waals surface area contributed by atoms with E-state index in [4.69, 9.17) is 4.98 Å². The molecule has 0 bridgehead atoms. The fourth-order valence-corrected chi connectivity index (χ4v) is 11.7. The van der Waals surface area contributed by atoms with Gasteiger partial charge in [0.05, 0.1) is 5.25 Å². The van der Waals surface area contributed by atoms with Gasteiger partial charge in [-0.05, 0) is 21.8 Å². The van der Waals surface area contributed by atoms with Crippen molar-refractivity contribution >= 4 is 47.1 Å². The summed E-state index contributed by atoms with van der Waals surface area (Å²) in [5.74, 6) is 0. The van der Waals surface area contributed by atoms with Crippen molar-refractivity contribution in [3.8, 4) is 5.30 Å². The van der Waals surface area contributed by atoms with Gasteiger partial charge in [0.2, 0.25) is 0 Å². The molecule has 0 saturated heterocycles. The molecule has 0 N–H and O–H groups in total. The van der Waals surface area contributed by atoms with Crippen LogP contribution in [0.15, 0.2) is 60.8 Å². The highest BCUT2D eigenvalue weighted by molar-refractivity contribution is 7.69. The summed E-state index contributed by atoms with van der Waals surface area (Å²) in [7, 11) is -2.08. The lowest BCUT2D eigenvalue weighted by molar-refractivity contribution is 1.45. The van der Waals surface area contributed by atoms with Crippen LogP contribution in [0.5, 0.6) is 0 Å². The average molecular weight is 317 g/mol. The smallest absolute Gasteiger partial charge is 0.114 e. The molecule has 1 nitrogen and oxygen atoms in total. The number of hydrogen-bond acceptors (Lipinski definition) is 1. The van der Waals surface area contributed by atoms with Gasteiger partial charge in [0.25, 0.3) is 0 Å². The minimum absolute atomic E-state index is 0.459. The van der Waals surface area contributed by atoms with E-state index in [-0.39, 0.29) is 0 Å². The van der Waals surface area contributed by atoms with Gasteiger partial charge in [0, 0.05) is 22.0 Å². The monoisotopic (exact) mass is 317 g/mol. The molecule has 0 fully saturated rings. The zero-order valence-electron chi connectivity index (χ0n) is 12.7. The molecule has 22 heavy (non-hydrogen) atoms. The average Bonchev–Trinajstić information content (AvgIpc) is 2.88. The Labute approximate surface area is 131 Å². The second-order valence-corrected chi connectivity index (χ2v) is 12.9. The first-order valence-electron chi connectivity index (χ1n) is 7.68. The van der Waals surface area contributed by atoms with Crippen molar-refractivity contribution in [1.82, 2.24) is 4.98 Å². The van der Waals surface area contributed by atoms with Crippen molar-refractivity contribution in [3.63, 3.8) is 0 Å². The molecule has 3 heteroatoms. The number of pyridine rings is 1. The molecular formula is C19H16NPSi. The number of hydrogen-bond donors (Lipinski definition) is 0. The highest BCUT2D eigenvalue weighted by Crippen LogP contribution is 2.55. The maximum Gasteiger partial charge on any atom is 0.114 e. The Morgan fingerprint density at radius 3 is 2.50 bits per heavy atom. The van der Waals surface area contributed by atoms with Crippen molar-refractivity contribution in [1.29, 1.82) is 0 Å². The molecule has 0 saturated carbocycles. The van der Waals surface area contributed by atoms with Gasteiger partial charge in [-0.1, -0.05) is 69.2 Å². The molecule has 1 unspecified atom stereocenters. The van der Waals surface area contributed by atoms with Crippen molar-refractivity contribution in [2.24, 2.45) is 0 Å². The minimum atomic E-state index is -1.62. The minimum Gasteiger partial charge on any atom is -0.252 e. The van der Waals surface area contributed by atoms with E-state index in [0.29, 0.717) is 0 Å². The molecule has 1 atom stereocenters. The molecular weight excluding hydrogens is 301 g/mol. The lowest BCUT2D eigenvalue weighted by atomic mass is 10.2. The lowest BCUT2D eigenvalue weighted by Gasteiger charge is -2.32. The Balaban J connectivity index is 2.15. The topological polar surface area (TPSA) is 12.9 Å². The van der Waals surface area contributed by atoms with Gasteiger partial charge in [-0.3, -0.25) is 4.98 Å². The fourth-order valence-electron chi connectivity index (χ4n) is 3.97. The van der Waals surface area contributed by atoms with Crippen LogP contribution in [0.4, 0.5) is 0 Å². The van der Waals surface area contributed by atoms with Gasteiger partial charge in [-0.15, -0.1) is 0 Å². The summed E-state index contributed by atoms with van der Waals surface area (Å²) < 4.78 is 0. The Hall–Kier alpha value is -1.89. The SMILES string of the molecule is C[Si]1(C)c2ccccc2-p2c3ncccc3c3cccc1c32. The van der Waals surface area contributed by atoms with Crippen LogP contribution in [0, 0.1) is 0 Å². The molecule has 0 radical (unpaired) electrons. The van der Waals surface area contributed by atoms with Crippen LogP contribution in [-0.4, -0.2) is 13.1 Å². The molecule has 1 aliphatic rings. The van der Waals surface area contributed by atoms with E-state index in [1.54, 1.807) is 20.8 Å². The number of nitrogens with zero attached hydrogens (tertiary/aromatic N) is 1. The standard InChI is InChI=1S/C19H16NPSi/c1-22(2)16-10-4-3-9-15(16)21-18-13(7-5-11-17(18)22)14-8-6-12-20-19(14)21/h3-12H,1-2H3. The second-order valence-electron chi connectivity index (χ2n) is 6.55. The first kappa shape index (κ1) is 12.6. The molecule has 2 aromatic heterocycles. The quantitative estimate of drug-likeness (QED) is 0.435. The molecule has 1 aliphatic heterocycles. The van der Waals surface area contributed by atoms with E-state index in [0.717, 1.165) is 0 Å². The van der Waals surface area contributed by atoms with Crippen LogP contribution in [0.2, 0.25) is 13.1 Å². The van der Waals surface area contributed by atoms with Crippen LogP contribution in [0.1, 0.15) is 0 Å². The van der Waals surface area contributed by atoms with Crippen LogP contribution in [0.25, 0.3) is 26.4 Å². The molecule has 0 spiro atoms. The van der Waals surface area contributed by atoms with Gasteiger partial charge in [0.1, 0.15) is 8.07 Å². The van der Waals surface area contributed by atoms with Crippen molar-refractivity contribution < 1.29 is 0 Å². The van der Waals surface area contributed by atoms with Crippen LogP contribution < -0.4 is 10.4 Å². The molecule has 2 aromatic carbocycles. The van der Waals surface area contributed by atoms with Crippen molar-refractivity contribution in [2.75, 3.05) is 0 Å². The third kappa shape index (κ3) is 1.37. The Kier molecular flexibility index (Phi) is 2.35. The van der Waals surface area contributed by atoms with E-state index in [1.165, 1.54) is 16.0 Å². The fraction of sp³-hybridized carbons (Fsp3) is 0.105. The molecule has 0 aliphatic carbocycles. The van der Waals surface area contributed by atoms with Gasteiger partial charge < -0.3 is 0 Å². The molecule has 4 aromatic rings. The Bertz CT molecular complexity index is 1060. The van der Waals surface area contributed by atoms with Gasteiger partial charge in [-0.2, -0.15) is 0 Å². The number of fused-ring (bicyclic) bond motifs is 5. The lowest BCUT2D eigenvalue weighted by Crippen LogP contribution is -2.54. The summed E-state index contributed by atoms with van der Waals surface area (Å²) in [4.78, 5) is 4.79. The van der Waals surface area contributed by atoms with Gasteiger partial charge in [0.15, 0.2) is 0 Å².